The van der Waals surface area contributed by atoms with Gasteiger partial charge in [-0.25, -0.2) is 0 Å². The Balaban J connectivity index is 1.83. The summed E-state index contributed by atoms with van der Waals surface area (Å²) in [6.07, 6.45) is 4.65. The summed E-state index contributed by atoms with van der Waals surface area (Å²) < 4.78 is 5.88. The summed E-state index contributed by atoms with van der Waals surface area (Å²) in [5.41, 5.74) is 2.61. The van der Waals surface area contributed by atoms with Crippen molar-refractivity contribution < 1.29 is 14.3 Å². The number of hydrogen-bond acceptors (Lipinski definition) is 3. The van der Waals surface area contributed by atoms with Crippen molar-refractivity contribution in [1.82, 2.24) is 10.2 Å². The predicted molar refractivity (Wildman–Crippen MR) is 133 cm³/mol. The first kappa shape index (κ1) is 25.4. The zero-order valence-corrected chi connectivity index (χ0v) is 21.0. The monoisotopic (exact) mass is 490 g/mol. The molecule has 0 aromatic heterocycles. The number of rotatable bonds is 9. The number of amides is 2. The van der Waals surface area contributed by atoms with Crippen LogP contribution in [0, 0.1) is 13.8 Å². The van der Waals surface area contributed by atoms with Gasteiger partial charge in [-0.05, 0) is 62.4 Å². The van der Waals surface area contributed by atoms with E-state index >= 15 is 0 Å². The maximum atomic E-state index is 13.4. The minimum Gasteiger partial charge on any atom is -0.483 e. The van der Waals surface area contributed by atoms with Crippen LogP contribution in [0.1, 0.15) is 55.7 Å². The zero-order chi connectivity index (χ0) is 24.0. The van der Waals surface area contributed by atoms with Gasteiger partial charge in [0.15, 0.2) is 6.61 Å². The topological polar surface area (TPSA) is 58.6 Å². The van der Waals surface area contributed by atoms with Crippen LogP contribution in [0.4, 0.5) is 0 Å². The lowest BCUT2D eigenvalue weighted by atomic mass is 10.1. The standard InChI is InChI=1S/C26H32Cl2N2O3/c1-4-23(26(32)29-19-8-5-6-9-19)30(15-20-21(27)10-7-11-22(20)28)25(31)16-33-24-14-17(2)12-13-18(24)3/h7,10-14,19,23H,4-6,8-9,15-16H2,1-3H3,(H,29,32)/t23-/m0/s1. The molecule has 0 radical (unpaired) electrons. The third-order valence-corrected chi connectivity index (χ3v) is 6.88. The van der Waals surface area contributed by atoms with Gasteiger partial charge < -0.3 is 15.0 Å². The Kier molecular flexibility index (Phi) is 9.04. The molecular weight excluding hydrogens is 459 g/mol. The highest BCUT2D eigenvalue weighted by molar-refractivity contribution is 6.36. The average Bonchev–Trinajstić information content (AvgIpc) is 3.29. The molecule has 2 amide bonds. The van der Waals surface area contributed by atoms with E-state index in [0.717, 1.165) is 36.8 Å². The molecule has 3 rings (SSSR count). The van der Waals surface area contributed by atoms with E-state index in [1.807, 2.05) is 39.0 Å². The fraction of sp³-hybridized carbons (Fsp3) is 0.462. The summed E-state index contributed by atoms with van der Waals surface area (Å²) in [6.45, 7) is 5.76. The number of aryl methyl sites for hydroxylation is 2. The van der Waals surface area contributed by atoms with Crippen LogP contribution >= 0.6 is 23.2 Å². The summed E-state index contributed by atoms with van der Waals surface area (Å²) in [5.74, 6) is 0.218. The smallest absolute Gasteiger partial charge is 0.261 e. The van der Waals surface area contributed by atoms with E-state index in [-0.39, 0.29) is 31.0 Å². The lowest BCUT2D eigenvalue weighted by Gasteiger charge is -2.32. The molecule has 2 aromatic rings. The van der Waals surface area contributed by atoms with Crippen LogP contribution in [0.15, 0.2) is 36.4 Å². The molecule has 1 atom stereocenters. The first-order chi connectivity index (χ1) is 15.8. The van der Waals surface area contributed by atoms with Gasteiger partial charge >= 0.3 is 0 Å². The molecule has 0 spiro atoms. The SMILES string of the molecule is CC[C@@H](C(=O)NC1CCCC1)N(Cc1c(Cl)cccc1Cl)C(=O)COc1cc(C)ccc1C. The number of carbonyl (C=O) groups is 2. The second-order valence-electron chi connectivity index (χ2n) is 8.69. The normalized spacial score (nSPS) is 14.7. The Morgan fingerprint density at radius 1 is 1.12 bits per heavy atom. The number of halogens is 2. The molecule has 1 aliphatic carbocycles. The van der Waals surface area contributed by atoms with Crippen LogP contribution in [0.3, 0.4) is 0 Å². The van der Waals surface area contributed by atoms with Crippen LogP contribution < -0.4 is 10.1 Å². The summed E-state index contributed by atoms with van der Waals surface area (Å²) in [6, 6.07) is 10.6. The highest BCUT2D eigenvalue weighted by Gasteiger charge is 2.31. The van der Waals surface area contributed by atoms with Crippen molar-refractivity contribution in [2.45, 2.75) is 71.5 Å². The molecule has 0 bridgehead atoms. The van der Waals surface area contributed by atoms with Crippen molar-refractivity contribution in [3.8, 4) is 5.75 Å². The molecule has 0 heterocycles. The Morgan fingerprint density at radius 3 is 2.42 bits per heavy atom. The van der Waals surface area contributed by atoms with E-state index in [1.54, 1.807) is 23.1 Å². The Bertz CT molecular complexity index is 969. The van der Waals surface area contributed by atoms with Crippen molar-refractivity contribution in [2.75, 3.05) is 6.61 Å². The minimum atomic E-state index is -0.646. The van der Waals surface area contributed by atoms with Crippen molar-refractivity contribution >= 4 is 35.0 Å². The Labute approximate surface area is 206 Å². The fourth-order valence-electron chi connectivity index (χ4n) is 4.23. The molecule has 1 aliphatic rings. The van der Waals surface area contributed by atoms with Gasteiger partial charge in [-0.3, -0.25) is 9.59 Å². The van der Waals surface area contributed by atoms with Gasteiger partial charge in [0, 0.05) is 28.2 Å². The number of nitrogens with zero attached hydrogens (tertiary/aromatic N) is 1. The van der Waals surface area contributed by atoms with E-state index in [4.69, 9.17) is 27.9 Å². The van der Waals surface area contributed by atoms with E-state index in [0.29, 0.717) is 27.8 Å². The molecule has 0 unspecified atom stereocenters. The van der Waals surface area contributed by atoms with Gasteiger partial charge in [-0.15, -0.1) is 0 Å². The predicted octanol–water partition coefficient (Wildman–Crippen LogP) is 5.86. The number of benzene rings is 2. The van der Waals surface area contributed by atoms with Gasteiger partial charge in [0.2, 0.25) is 5.91 Å². The summed E-state index contributed by atoms with van der Waals surface area (Å²) in [7, 11) is 0. The summed E-state index contributed by atoms with van der Waals surface area (Å²) in [4.78, 5) is 28.2. The zero-order valence-electron chi connectivity index (χ0n) is 19.5. The second-order valence-corrected chi connectivity index (χ2v) is 9.51. The molecule has 1 N–H and O–H groups in total. The van der Waals surface area contributed by atoms with Crippen LogP contribution in [0.2, 0.25) is 10.0 Å². The highest BCUT2D eigenvalue weighted by Crippen LogP contribution is 2.28. The third kappa shape index (κ3) is 6.64. The fourth-order valence-corrected chi connectivity index (χ4v) is 4.74. The largest absolute Gasteiger partial charge is 0.483 e. The third-order valence-electron chi connectivity index (χ3n) is 6.17. The lowest BCUT2D eigenvalue weighted by molar-refractivity contribution is -0.143. The number of carbonyl (C=O) groups excluding carboxylic acids is 2. The molecule has 2 aromatic carbocycles. The van der Waals surface area contributed by atoms with E-state index < -0.39 is 6.04 Å². The van der Waals surface area contributed by atoms with E-state index in [2.05, 4.69) is 5.32 Å². The van der Waals surface area contributed by atoms with Crippen LogP contribution in [-0.4, -0.2) is 35.4 Å². The molecule has 7 heteroatoms. The lowest BCUT2D eigenvalue weighted by Crippen LogP contribution is -2.52. The maximum Gasteiger partial charge on any atom is 0.261 e. The molecule has 0 saturated heterocycles. The van der Waals surface area contributed by atoms with Gasteiger partial charge in [-0.2, -0.15) is 0 Å². The molecule has 178 valence electrons. The summed E-state index contributed by atoms with van der Waals surface area (Å²) in [5, 5.41) is 4.05. The van der Waals surface area contributed by atoms with Crippen LogP contribution in [0.25, 0.3) is 0 Å². The second kappa shape index (κ2) is 11.8. The van der Waals surface area contributed by atoms with E-state index in [1.165, 1.54) is 0 Å². The minimum absolute atomic E-state index is 0.129. The Morgan fingerprint density at radius 2 is 1.79 bits per heavy atom. The van der Waals surface area contributed by atoms with Crippen molar-refractivity contribution in [1.29, 1.82) is 0 Å². The maximum absolute atomic E-state index is 13.4. The Hall–Kier alpha value is -2.24. The van der Waals surface area contributed by atoms with Crippen LogP contribution in [0.5, 0.6) is 5.75 Å². The first-order valence-electron chi connectivity index (χ1n) is 11.5. The number of hydrogen-bond donors (Lipinski definition) is 1. The number of nitrogens with one attached hydrogen (secondary N) is 1. The number of ether oxygens (including phenoxy) is 1. The molecule has 5 nitrogen and oxygen atoms in total. The highest BCUT2D eigenvalue weighted by atomic mass is 35.5. The first-order valence-corrected chi connectivity index (χ1v) is 12.3. The van der Waals surface area contributed by atoms with Gasteiger partial charge in [-0.1, -0.05) is 61.2 Å². The van der Waals surface area contributed by atoms with Gasteiger partial charge in [0.05, 0.1) is 0 Å². The molecular formula is C26H32Cl2N2O3. The molecule has 1 saturated carbocycles. The van der Waals surface area contributed by atoms with E-state index in [9.17, 15) is 9.59 Å². The quantitative estimate of drug-likeness (QED) is 0.479. The molecule has 1 fully saturated rings. The summed E-state index contributed by atoms with van der Waals surface area (Å²) >= 11 is 12.8. The van der Waals surface area contributed by atoms with Crippen molar-refractivity contribution in [3.63, 3.8) is 0 Å². The molecule has 0 aliphatic heterocycles. The van der Waals surface area contributed by atoms with Gasteiger partial charge in [0.25, 0.3) is 5.91 Å². The average molecular weight is 491 g/mol. The van der Waals surface area contributed by atoms with Crippen LogP contribution in [-0.2, 0) is 16.1 Å². The van der Waals surface area contributed by atoms with Crippen molar-refractivity contribution in [3.05, 3.63) is 63.1 Å². The molecule has 33 heavy (non-hydrogen) atoms. The van der Waals surface area contributed by atoms with Gasteiger partial charge in [0.1, 0.15) is 11.8 Å². The van der Waals surface area contributed by atoms with Crippen molar-refractivity contribution in [2.24, 2.45) is 0 Å².